The van der Waals surface area contributed by atoms with E-state index in [4.69, 9.17) is 9.72 Å². The van der Waals surface area contributed by atoms with Crippen LogP contribution in [0, 0.1) is 11.8 Å². The lowest BCUT2D eigenvalue weighted by atomic mass is 9.92. The summed E-state index contributed by atoms with van der Waals surface area (Å²) in [6, 6.07) is 23.5. The number of carbonyl (C=O) groups excluding carboxylic acids is 2. The van der Waals surface area contributed by atoms with Gasteiger partial charge in [0, 0.05) is 24.0 Å². The summed E-state index contributed by atoms with van der Waals surface area (Å²) in [4.78, 5) is 32.6. The number of carbonyl (C=O) groups is 2. The van der Waals surface area contributed by atoms with E-state index in [1.807, 2.05) is 53.4 Å². The van der Waals surface area contributed by atoms with Crippen molar-refractivity contribution in [2.24, 2.45) is 11.8 Å². The SMILES string of the molecule is CC1CC(C)CN(C(=O)COC(=O)c2cc(-c3cccc4ccccc34)nc3ccccc23)C1. The smallest absolute Gasteiger partial charge is 0.339 e. The summed E-state index contributed by atoms with van der Waals surface area (Å²) in [6.45, 7) is 5.48. The molecule has 0 radical (unpaired) electrons. The van der Waals surface area contributed by atoms with Crippen LogP contribution in [0.25, 0.3) is 32.9 Å². The molecule has 1 aromatic heterocycles. The Morgan fingerprint density at radius 3 is 2.38 bits per heavy atom. The molecule has 1 saturated heterocycles. The number of amides is 1. The zero-order valence-corrected chi connectivity index (χ0v) is 19.5. The topological polar surface area (TPSA) is 59.5 Å². The van der Waals surface area contributed by atoms with Crippen LogP contribution in [-0.2, 0) is 9.53 Å². The van der Waals surface area contributed by atoms with Gasteiger partial charge in [-0.05, 0) is 41.2 Å². The average Bonchev–Trinajstić information content (AvgIpc) is 2.85. The van der Waals surface area contributed by atoms with Crippen LogP contribution in [0.4, 0.5) is 0 Å². The van der Waals surface area contributed by atoms with E-state index in [2.05, 4.69) is 32.0 Å². The van der Waals surface area contributed by atoms with Crippen LogP contribution in [0.5, 0.6) is 0 Å². The number of aromatic nitrogens is 1. The summed E-state index contributed by atoms with van der Waals surface area (Å²) in [6.07, 6.45) is 1.11. The summed E-state index contributed by atoms with van der Waals surface area (Å²) < 4.78 is 5.54. The van der Waals surface area contributed by atoms with Crippen molar-refractivity contribution in [1.29, 1.82) is 0 Å². The number of likely N-dealkylation sites (tertiary alicyclic amines) is 1. The molecule has 1 aliphatic heterocycles. The molecule has 3 aromatic carbocycles. The highest BCUT2D eigenvalue weighted by Gasteiger charge is 2.26. The van der Waals surface area contributed by atoms with Gasteiger partial charge in [0.2, 0.25) is 0 Å². The van der Waals surface area contributed by atoms with Crippen molar-refractivity contribution in [1.82, 2.24) is 9.88 Å². The van der Waals surface area contributed by atoms with Gasteiger partial charge in [0.15, 0.2) is 6.61 Å². The van der Waals surface area contributed by atoms with Crippen LogP contribution in [-0.4, -0.2) is 41.5 Å². The Hall–Kier alpha value is -3.73. The van der Waals surface area contributed by atoms with Crippen molar-refractivity contribution in [3.05, 3.63) is 78.4 Å². The quantitative estimate of drug-likeness (QED) is 0.372. The largest absolute Gasteiger partial charge is 0.452 e. The lowest BCUT2D eigenvalue weighted by Crippen LogP contribution is -2.44. The lowest BCUT2D eigenvalue weighted by Gasteiger charge is -2.34. The Bertz CT molecular complexity index is 1370. The molecule has 4 aromatic rings. The fraction of sp³-hybridized carbons (Fsp3) is 0.276. The van der Waals surface area contributed by atoms with E-state index in [1.165, 1.54) is 0 Å². The van der Waals surface area contributed by atoms with Crippen LogP contribution < -0.4 is 0 Å². The van der Waals surface area contributed by atoms with Crippen molar-refractivity contribution in [2.75, 3.05) is 19.7 Å². The molecule has 5 rings (SSSR count). The molecule has 0 spiro atoms. The maximum Gasteiger partial charge on any atom is 0.339 e. The number of esters is 1. The minimum atomic E-state index is -0.508. The van der Waals surface area contributed by atoms with E-state index in [0.717, 1.165) is 22.8 Å². The van der Waals surface area contributed by atoms with Crippen molar-refractivity contribution in [3.63, 3.8) is 0 Å². The molecular formula is C29H28N2O3. The Labute approximate surface area is 199 Å². The molecule has 2 heterocycles. The number of hydrogen-bond donors (Lipinski definition) is 0. The highest BCUT2D eigenvalue weighted by Crippen LogP contribution is 2.31. The van der Waals surface area contributed by atoms with Gasteiger partial charge in [-0.3, -0.25) is 4.79 Å². The fourth-order valence-electron chi connectivity index (χ4n) is 5.09. The zero-order chi connectivity index (χ0) is 23.7. The number of fused-ring (bicyclic) bond motifs is 2. The Morgan fingerprint density at radius 1 is 0.912 bits per heavy atom. The van der Waals surface area contributed by atoms with Gasteiger partial charge in [-0.25, -0.2) is 9.78 Å². The predicted octanol–water partition coefficient (Wildman–Crippen LogP) is 5.72. The van der Waals surface area contributed by atoms with Crippen molar-refractivity contribution in [2.45, 2.75) is 20.3 Å². The van der Waals surface area contributed by atoms with E-state index in [1.54, 1.807) is 6.07 Å². The monoisotopic (exact) mass is 452 g/mol. The first-order chi connectivity index (χ1) is 16.5. The molecule has 1 fully saturated rings. The first kappa shape index (κ1) is 22.1. The molecule has 0 saturated carbocycles. The number of rotatable bonds is 4. The first-order valence-corrected chi connectivity index (χ1v) is 11.8. The highest BCUT2D eigenvalue weighted by molar-refractivity contribution is 6.06. The standard InChI is InChI=1S/C29H28N2O3/c1-19-14-20(2)17-31(16-19)28(32)18-34-29(33)25-15-27(30-26-13-6-5-11-24(25)26)23-12-7-9-21-8-3-4-10-22(21)23/h3-13,15,19-20H,14,16-18H2,1-2H3. The number of ether oxygens (including phenoxy) is 1. The van der Waals surface area contributed by atoms with Crippen molar-refractivity contribution in [3.8, 4) is 11.3 Å². The lowest BCUT2D eigenvalue weighted by molar-refractivity contribution is -0.137. The summed E-state index contributed by atoms with van der Waals surface area (Å²) >= 11 is 0. The number of benzene rings is 3. The third-order valence-corrected chi connectivity index (χ3v) is 6.55. The van der Waals surface area contributed by atoms with Gasteiger partial charge < -0.3 is 9.64 Å². The van der Waals surface area contributed by atoms with Gasteiger partial charge in [0.1, 0.15) is 0 Å². The average molecular weight is 453 g/mol. The maximum atomic E-state index is 13.2. The van der Waals surface area contributed by atoms with Crippen LogP contribution in [0.3, 0.4) is 0 Å². The van der Waals surface area contributed by atoms with E-state index in [0.29, 0.717) is 47.1 Å². The van der Waals surface area contributed by atoms with Crippen molar-refractivity contribution < 1.29 is 14.3 Å². The second-order valence-corrected chi connectivity index (χ2v) is 9.42. The van der Waals surface area contributed by atoms with Crippen molar-refractivity contribution >= 4 is 33.6 Å². The second kappa shape index (κ2) is 9.26. The summed E-state index contributed by atoms with van der Waals surface area (Å²) in [5.74, 6) is 0.262. The van der Waals surface area contributed by atoms with Gasteiger partial charge in [-0.1, -0.05) is 74.5 Å². The Kier molecular flexibility index (Phi) is 6.01. The molecule has 5 heteroatoms. The second-order valence-electron chi connectivity index (χ2n) is 9.42. The third kappa shape index (κ3) is 4.38. The first-order valence-electron chi connectivity index (χ1n) is 11.8. The van der Waals surface area contributed by atoms with Crippen LogP contribution in [0.1, 0.15) is 30.6 Å². The molecule has 172 valence electrons. The summed E-state index contributed by atoms with van der Waals surface area (Å²) in [5, 5.41) is 2.88. The van der Waals surface area contributed by atoms with Crippen LogP contribution >= 0.6 is 0 Å². The van der Waals surface area contributed by atoms with Crippen LogP contribution in [0.2, 0.25) is 0 Å². The molecule has 1 amide bonds. The molecule has 2 unspecified atom stereocenters. The van der Waals surface area contributed by atoms with Gasteiger partial charge in [0.25, 0.3) is 5.91 Å². The van der Waals surface area contributed by atoms with E-state index in [-0.39, 0.29) is 12.5 Å². The third-order valence-electron chi connectivity index (χ3n) is 6.55. The van der Waals surface area contributed by atoms with Gasteiger partial charge in [0.05, 0.1) is 16.8 Å². The summed E-state index contributed by atoms with van der Waals surface area (Å²) in [7, 11) is 0. The number of hydrogen-bond acceptors (Lipinski definition) is 4. The fourth-order valence-corrected chi connectivity index (χ4v) is 5.09. The molecular weight excluding hydrogens is 424 g/mol. The van der Waals surface area contributed by atoms with Gasteiger partial charge in [-0.2, -0.15) is 0 Å². The van der Waals surface area contributed by atoms with Gasteiger partial charge in [-0.15, -0.1) is 0 Å². The molecule has 0 aliphatic carbocycles. The van der Waals surface area contributed by atoms with Crippen LogP contribution in [0.15, 0.2) is 72.8 Å². The number of piperidine rings is 1. The number of nitrogens with zero attached hydrogens (tertiary/aromatic N) is 2. The molecule has 1 aliphatic rings. The highest BCUT2D eigenvalue weighted by atomic mass is 16.5. The molecule has 5 nitrogen and oxygen atoms in total. The molecule has 0 bridgehead atoms. The Morgan fingerprint density at radius 2 is 1.59 bits per heavy atom. The minimum Gasteiger partial charge on any atom is -0.452 e. The number of para-hydroxylation sites is 1. The summed E-state index contributed by atoms with van der Waals surface area (Å²) in [5.41, 5.74) is 2.78. The zero-order valence-electron chi connectivity index (χ0n) is 19.5. The van der Waals surface area contributed by atoms with E-state index < -0.39 is 5.97 Å². The number of pyridine rings is 1. The molecule has 0 N–H and O–H groups in total. The van der Waals surface area contributed by atoms with E-state index >= 15 is 0 Å². The minimum absolute atomic E-state index is 0.139. The normalized spacial score (nSPS) is 18.2. The Balaban J connectivity index is 1.46. The maximum absolute atomic E-state index is 13.2. The molecule has 2 atom stereocenters. The molecule has 34 heavy (non-hydrogen) atoms. The predicted molar refractivity (Wildman–Crippen MR) is 134 cm³/mol. The van der Waals surface area contributed by atoms with Gasteiger partial charge >= 0.3 is 5.97 Å². The van der Waals surface area contributed by atoms with E-state index in [9.17, 15) is 9.59 Å².